The van der Waals surface area contributed by atoms with Crippen LogP contribution in [0.2, 0.25) is 10.0 Å². The van der Waals surface area contributed by atoms with Gasteiger partial charge in [0.2, 0.25) is 11.8 Å². The Morgan fingerprint density at radius 3 is 2.37 bits per heavy atom. The first-order valence-electron chi connectivity index (χ1n) is 9.96. The number of carbonyl (C=O) groups is 2. The van der Waals surface area contributed by atoms with Crippen LogP contribution in [0.1, 0.15) is 37.0 Å². The van der Waals surface area contributed by atoms with Gasteiger partial charge < -0.3 is 10.2 Å². The van der Waals surface area contributed by atoms with E-state index >= 15 is 0 Å². The molecule has 4 nitrogen and oxygen atoms in total. The molecule has 2 rings (SSSR count). The summed E-state index contributed by atoms with van der Waals surface area (Å²) in [6, 6.07) is 12.9. The normalized spacial score (nSPS) is 11.8. The van der Waals surface area contributed by atoms with Crippen molar-refractivity contribution in [1.29, 1.82) is 0 Å². The van der Waals surface area contributed by atoms with E-state index in [9.17, 15) is 9.59 Å². The van der Waals surface area contributed by atoms with Gasteiger partial charge in [0.25, 0.3) is 0 Å². The van der Waals surface area contributed by atoms with Gasteiger partial charge in [0.1, 0.15) is 6.04 Å². The Labute approximate surface area is 193 Å². The maximum atomic E-state index is 13.0. The highest BCUT2D eigenvalue weighted by Crippen LogP contribution is 2.24. The van der Waals surface area contributed by atoms with Crippen LogP contribution in [0.4, 0.5) is 0 Å². The zero-order valence-electron chi connectivity index (χ0n) is 17.6. The lowest BCUT2D eigenvalue weighted by molar-refractivity contribution is -0.138. The third-order valence-corrected chi connectivity index (χ3v) is 6.40. The highest BCUT2D eigenvalue weighted by molar-refractivity contribution is 7.99. The van der Waals surface area contributed by atoms with Crippen LogP contribution < -0.4 is 5.32 Å². The molecular formula is C23H28Cl2N2O2S. The number of thioether (sulfide) groups is 1. The summed E-state index contributed by atoms with van der Waals surface area (Å²) in [6.45, 7) is 6.67. The smallest absolute Gasteiger partial charge is 0.242 e. The van der Waals surface area contributed by atoms with E-state index in [0.29, 0.717) is 28.9 Å². The number of benzene rings is 2. The molecule has 0 fully saturated rings. The summed E-state index contributed by atoms with van der Waals surface area (Å²) in [7, 11) is 0. The number of aryl methyl sites for hydroxylation is 1. The molecule has 0 aromatic heterocycles. The Hall–Kier alpha value is -1.69. The maximum absolute atomic E-state index is 13.0. The second kappa shape index (κ2) is 12.2. The van der Waals surface area contributed by atoms with E-state index in [1.165, 1.54) is 11.1 Å². The molecule has 2 aromatic carbocycles. The number of hydrogen-bond donors (Lipinski definition) is 1. The number of nitrogens with zero attached hydrogens (tertiary/aromatic N) is 1. The summed E-state index contributed by atoms with van der Waals surface area (Å²) < 4.78 is 0. The van der Waals surface area contributed by atoms with Gasteiger partial charge in [-0.15, -0.1) is 11.8 Å². The van der Waals surface area contributed by atoms with E-state index in [1.807, 2.05) is 19.9 Å². The molecule has 2 aromatic rings. The van der Waals surface area contributed by atoms with Crippen molar-refractivity contribution < 1.29 is 9.59 Å². The molecule has 2 amide bonds. The average molecular weight is 467 g/mol. The molecule has 0 spiro atoms. The van der Waals surface area contributed by atoms with E-state index in [2.05, 4.69) is 29.6 Å². The monoisotopic (exact) mass is 466 g/mol. The van der Waals surface area contributed by atoms with Crippen molar-refractivity contribution >= 4 is 46.8 Å². The molecule has 1 unspecified atom stereocenters. The predicted molar refractivity (Wildman–Crippen MR) is 127 cm³/mol. The molecule has 7 heteroatoms. The molecule has 1 N–H and O–H groups in total. The molecule has 1 atom stereocenters. The van der Waals surface area contributed by atoms with Crippen molar-refractivity contribution in [3.05, 3.63) is 69.2 Å². The highest BCUT2D eigenvalue weighted by Gasteiger charge is 2.26. The molecule has 0 bridgehead atoms. The fraction of sp³-hybridized carbons (Fsp3) is 0.391. The summed E-state index contributed by atoms with van der Waals surface area (Å²) in [5, 5.41) is 3.76. The second-order valence-electron chi connectivity index (χ2n) is 7.22. The first kappa shape index (κ1) is 24.6. The van der Waals surface area contributed by atoms with Gasteiger partial charge >= 0.3 is 0 Å². The van der Waals surface area contributed by atoms with E-state index in [-0.39, 0.29) is 11.8 Å². The lowest BCUT2D eigenvalue weighted by Gasteiger charge is -2.29. The SMILES string of the molecule is CCCNC(=O)C(C)N(Cc1ccc(Cl)c(Cl)c1)C(=O)CSCc1ccc(C)cc1. The van der Waals surface area contributed by atoms with E-state index in [0.717, 1.165) is 17.7 Å². The molecule has 0 saturated carbocycles. The maximum Gasteiger partial charge on any atom is 0.242 e. The summed E-state index contributed by atoms with van der Waals surface area (Å²) in [5.74, 6) is 0.787. The summed E-state index contributed by atoms with van der Waals surface area (Å²) in [5.41, 5.74) is 3.21. The van der Waals surface area contributed by atoms with Gasteiger partial charge in [0.15, 0.2) is 0 Å². The first-order valence-corrected chi connectivity index (χ1v) is 11.9. The fourth-order valence-corrected chi connectivity index (χ4v) is 4.03. The van der Waals surface area contributed by atoms with Gasteiger partial charge in [0, 0.05) is 18.8 Å². The standard InChI is InChI=1S/C23H28Cl2N2O2S/c1-4-11-26-23(29)17(3)27(13-19-9-10-20(24)21(25)12-19)22(28)15-30-14-18-7-5-16(2)6-8-18/h5-10,12,17H,4,11,13-15H2,1-3H3,(H,26,29). The molecule has 0 aliphatic rings. The van der Waals surface area contributed by atoms with Crippen LogP contribution in [0.15, 0.2) is 42.5 Å². The molecule has 0 radical (unpaired) electrons. The molecule has 30 heavy (non-hydrogen) atoms. The largest absolute Gasteiger partial charge is 0.354 e. The van der Waals surface area contributed by atoms with Crippen LogP contribution in [0.25, 0.3) is 0 Å². The Bertz CT molecular complexity index is 859. The van der Waals surface area contributed by atoms with Crippen LogP contribution in [-0.4, -0.2) is 35.1 Å². The Kier molecular flexibility index (Phi) is 10.0. The number of hydrogen-bond acceptors (Lipinski definition) is 3. The van der Waals surface area contributed by atoms with Crippen LogP contribution in [0.5, 0.6) is 0 Å². The third-order valence-electron chi connectivity index (χ3n) is 4.67. The van der Waals surface area contributed by atoms with Crippen molar-refractivity contribution in [1.82, 2.24) is 10.2 Å². The highest BCUT2D eigenvalue weighted by atomic mass is 35.5. The van der Waals surface area contributed by atoms with Gasteiger partial charge in [-0.1, -0.05) is 66.0 Å². The molecule has 0 saturated heterocycles. The summed E-state index contributed by atoms with van der Waals surface area (Å²) in [4.78, 5) is 27.2. The van der Waals surface area contributed by atoms with Crippen molar-refractivity contribution in [3.8, 4) is 0 Å². The fourth-order valence-electron chi connectivity index (χ4n) is 2.84. The zero-order valence-corrected chi connectivity index (χ0v) is 19.9. The summed E-state index contributed by atoms with van der Waals surface area (Å²) >= 11 is 13.7. The van der Waals surface area contributed by atoms with E-state index < -0.39 is 6.04 Å². The van der Waals surface area contributed by atoms with Gasteiger partial charge in [-0.25, -0.2) is 0 Å². The molecule has 0 aliphatic heterocycles. The Balaban J connectivity index is 2.07. The minimum atomic E-state index is -0.585. The van der Waals surface area contributed by atoms with Crippen molar-refractivity contribution in [2.45, 2.75) is 45.5 Å². The van der Waals surface area contributed by atoms with Crippen LogP contribution in [0.3, 0.4) is 0 Å². The van der Waals surface area contributed by atoms with Crippen LogP contribution in [-0.2, 0) is 21.9 Å². The molecule has 0 aliphatic carbocycles. The Morgan fingerprint density at radius 1 is 1.07 bits per heavy atom. The van der Waals surface area contributed by atoms with Crippen LogP contribution >= 0.6 is 35.0 Å². The lowest BCUT2D eigenvalue weighted by Crippen LogP contribution is -2.48. The minimum absolute atomic E-state index is 0.0858. The number of rotatable bonds is 10. The summed E-state index contributed by atoms with van der Waals surface area (Å²) in [6.07, 6.45) is 0.839. The minimum Gasteiger partial charge on any atom is -0.354 e. The lowest BCUT2D eigenvalue weighted by atomic mass is 10.1. The van der Waals surface area contributed by atoms with Gasteiger partial charge in [-0.3, -0.25) is 9.59 Å². The van der Waals surface area contributed by atoms with E-state index in [4.69, 9.17) is 23.2 Å². The Morgan fingerprint density at radius 2 is 1.73 bits per heavy atom. The average Bonchev–Trinajstić information content (AvgIpc) is 2.73. The van der Waals surface area contributed by atoms with Crippen molar-refractivity contribution in [2.75, 3.05) is 12.3 Å². The number of nitrogens with one attached hydrogen (secondary N) is 1. The van der Waals surface area contributed by atoms with Gasteiger partial charge in [-0.2, -0.15) is 0 Å². The molecule has 0 heterocycles. The van der Waals surface area contributed by atoms with Gasteiger partial charge in [-0.05, 0) is 43.5 Å². The zero-order chi connectivity index (χ0) is 22.1. The molecule has 162 valence electrons. The quantitative estimate of drug-likeness (QED) is 0.504. The van der Waals surface area contributed by atoms with Crippen LogP contribution in [0, 0.1) is 6.92 Å². The number of carbonyl (C=O) groups excluding carboxylic acids is 2. The molecular weight excluding hydrogens is 439 g/mol. The predicted octanol–water partition coefficient (Wildman–Crippen LogP) is 5.48. The first-order chi connectivity index (χ1) is 14.3. The third kappa shape index (κ3) is 7.53. The number of amides is 2. The van der Waals surface area contributed by atoms with E-state index in [1.54, 1.807) is 35.7 Å². The second-order valence-corrected chi connectivity index (χ2v) is 9.02. The number of halogens is 2. The topological polar surface area (TPSA) is 49.4 Å². The van der Waals surface area contributed by atoms with Crippen molar-refractivity contribution in [3.63, 3.8) is 0 Å². The van der Waals surface area contributed by atoms with Gasteiger partial charge in [0.05, 0.1) is 15.8 Å². The van der Waals surface area contributed by atoms with Crippen molar-refractivity contribution in [2.24, 2.45) is 0 Å².